The molecule has 5 heteroatoms. The van der Waals surface area contributed by atoms with Crippen LogP contribution in [0.15, 0.2) is 54.6 Å². The molecular weight excluding hydrogens is 503 g/mol. The lowest BCUT2D eigenvalue weighted by Gasteiger charge is -2.32. The molecule has 0 bridgehead atoms. The summed E-state index contributed by atoms with van der Waals surface area (Å²) in [5.74, 6) is 1.35. The number of ether oxygens (including phenoxy) is 2. The first-order valence-corrected chi connectivity index (χ1v) is 14.7. The Balaban J connectivity index is 1.36. The number of hydrogen-bond acceptors (Lipinski definition) is 3. The minimum Gasteiger partial charge on any atom is -0.497 e. The van der Waals surface area contributed by atoms with Crippen molar-refractivity contribution in [1.29, 1.82) is 0 Å². The van der Waals surface area contributed by atoms with Crippen molar-refractivity contribution in [3.8, 4) is 22.6 Å². The van der Waals surface area contributed by atoms with Crippen molar-refractivity contribution in [2.45, 2.75) is 83.2 Å². The average Bonchev–Trinajstić information content (AvgIpc) is 3.73. The summed E-state index contributed by atoms with van der Waals surface area (Å²) in [4.78, 5) is 11.6. The largest absolute Gasteiger partial charge is 0.497 e. The molecule has 1 N–H and O–H groups in total. The van der Waals surface area contributed by atoms with E-state index in [-0.39, 0.29) is 29.7 Å². The van der Waals surface area contributed by atoms with Gasteiger partial charge in [0.2, 0.25) is 0 Å². The van der Waals surface area contributed by atoms with E-state index >= 15 is 4.39 Å². The third-order valence-corrected chi connectivity index (χ3v) is 9.59. The van der Waals surface area contributed by atoms with Gasteiger partial charge in [-0.1, -0.05) is 50.6 Å². The van der Waals surface area contributed by atoms with Crippen LogP contribution in [0.2, 0.25) is 0 Å². The van der Waals surface area contributed by atoms with E-state index in [9.17, 15) is 9.90 Å². The Bertz CT molecular complexity index is 1420. The molecule has 40 heavy (non-hydrogen) atoms. The van der Waals surface area contributed by atoms with Crippen molar-refractivity contribution in [2.24, 2.45) is 11.3 Å². The molecule has 2 fully saturated rings. The van der Waals surface area contributed by atoms with Crippen molar-refractivity contribution in [3.05, 3.63) is 82.7 Å². The van der Waals surface area contributed by atoms with E-state index in [0.29, 0.717) is 23.1 Å². The number of halogens is 1. The van der Waals surface area contributed by atoms with Crippen molar-refractivity contribution in [1.82, 2.24) is 0 Å². The molecule has 3 aromatic carbocycles. The Kier molecular flexibility index (Phi) is 7.10. The fourth-order valence-corrected chi connectivity index (χ4v) is 7.15. The monoisotopic (exact) mass is 542 g/mol. The van der Waals surface area contributed by atoms with Gasteiger partial charge in [-0.3, -0.25) is 4.79 Å². The van der Waals surface area contributed by atoms with Gasteiger partial charge in [0.05, 0.1) is 13.5 Å². The zero-order valence-corrected chi connectivity index (χ0v) is 23.7. The summed E-state index contributed by atoms with van der Waals surface area (Å²) in [6, 6.07) is 17.7. The number of rotatable bonds is 8. The highest BCUT2D eigenvalue weighted by atomic mass is 19.1. The van der Waals surface area contributed by atoms with E-state index < -0.39 is 5.97 Å². The van der Waals surface area contributed by atoms with Crippen LogP contribution in [0.4, 0.5) is 4.39 Å². The molecule has 2 aliphatic carbocycles. The van der Waals surface area contributed by atoms with Crippen LogP contribution in [-0.2, 0) is 11.2 Å². The lowest BCUT2D eigenvalue weighted by atomic mass is 9.74. The molecule has 1 unspecified atom stereocenters. The Labute approximate surface area is 236 Å². The van der Waals surface area contributed by atoms with E-state index in [4.69, 9.17) is 9.47 Å². The summed E-state index contributed by atoms with van der Waals surface area (Å²) in [7, 11) is 1.61. The molecular formula is C35H39FO4. The first-order chi connectivity index (χ1) is 19.2. The zero-order valence-electron chi connectivity index (χ0n) is 23.7. The van der Waals surface area contributed by atoms with Crippen molar-refractivity contribution >= 4 is 5.97 Å². The van der Waals surface area contributed by atoms with Crippen LogP contribution in [0, 0.1) is 17.2 Å². The lowest BCUT2D eigenvalue weighted by Crippen LogP contribution is -2.19. The molecule has 2 saturated carbocycles. The molecule has 6 rings (SSSR count). The molecule has 3 aliphatic rings. The maximum Gasteiger partial charge on any atom is 0.303 e. The van der Waals surface area contributed by atoms with Crippen molar-refractivity contribution in [3.63, 3.8) is 0 Å². The van der Waals surface area contributed by atoms with Gasteiger partial charge in [-0.05, 0) is 114 Å². The topological polar surface area (TPSA) is 55.8 Å². The maximum atomic E-state index is 15.2. The van der Waals surface area contributed by atoms with Gasteiger partial charge in [-0.15, -0.1) is 0 Å². The first-order valence-electron chi connectivity index (χ1n) is 14.7. The van der Waals surface area contributed by atoms with Crippen LogP contribution in [0.1, 0.15) is 99.0 Å². The number of carboxylic acid groups (broad SMARTS) is 1. The fourth-order valence-electron chi connectivity index (χ4n) is 7.15. The van der Waals surface area contributed by atoms with Gasteiger partial charge in [0.15, 0.2) is 0 Å². The highest BCUT2D eigenvalue weighted by molar-refractivity contribution is 5.71. The Morgan fingerprint density at radius 2 is 1.88 bits per heavy atom. The maximum absolute atomic E-state index is 15.2. The molecule has 0 radical (unpaired) electrons. The third kappa shape index (κ3) is 5.23. The van der Waals surface area contributed by atoms with Gasteiger partial charge in [0.1, 0.15) is 23.4 Å². The summed E-state index contributed by atoms with van der Waals surface area (Å²) in [6.45, 7) is 4.65. The minimum atomic E-state index is -0.747. The summed E-state index contributed by atoms with van der Waals surface area (Å²) < 4.78 is 27.3. The highest BCUT2D eigenvalue weighted by Gasteiger charge is 2.38. The molecule has 210 valence electrons. The molecule has 1 aliphatic heterocycles. The van der Waals surface area contributed by atoms with Gasteiger partial charge in [-0.2, -0.15) is 0 Å². The number of benzene rings is 3. The van der Waals surface area contributed by atoms with E-state index in [1.54, 1.807) is 19.2 Å². The Morgan fingerprint density at radius 1 is 1.05 bits per heavy atom. The SMILES string of the molecule is COc1ccc(F)c(-c2ccc(C3CCc4ccc([C@@H](CC(=O)O)C5CC5)cc4O3)cc2[C@H]2CCCC2(C)C)c1. The molecule has 1 heterocycles. The van der Waals surface area contributed by atoms with Crippen LogP contribution < -0.4 is 9.47 Å². The quantitative estimate of drug-likeness (QED) is 0.309. The first kappa shape index (κ1) is 26.9. The Hall–Kier alpha value is -3.34. The van der Waals surface area contributed by atoms with Gasteiger partial charge in [0, 0.05) is 5.56 Å². The van der Waals surface area contributed by atoms with Crippen LogP contribution in [0.3, 0.4) is 0 Å². The summed E-state index contributed by atoms with van der Waals surface area (Å²) in [6.07, 6.45) is 7.42. The molecule has 0 spiro atoms. The summed E-state index contributed by atoms with van der Waals surface area (Å²) in [5.41, 5.74) is 6.18. The number of carbonyl (C=O) groups is 1. The highest BCUT2D eigenvalue weighted by Crippen LogP contribution is 2.52. The normalized spacial score (nSPS) is 22.3. The number of aryl methyl sites for hydroxylation is 1. The van der Waals surface area contributed by atoms with E-state index in [2.05, 4.69) is 50.2 Å². The third-order valence-electron chi connectivity index (χ3n) is 9.59. The number of carboxylic acids is 1. The number of methoxy groups -OCH3 is 1. The second kappa shape index (κ2) is 10.6. The molecule has 0 amide bonds. The fraction of sp³-hybridized carbons (Fsp3) is 0.457. The van der Waals surface area contributed by atoms with Gasteiger partial charge in [0.25, 0.3) is 0 Å². The molecule has 4 nitrogen and oxygen atoms in total. The molecule has 3 atom stereocenters. The van der Waals surface area contributed by atoms with Crippen molar-refractivity contribution in [2.75, 3.05) is 7.11 Å². The van der Waals surface area contributed by atoms with E-state index in [1.807, 2.05) is 0 Å². The van der Waals surface area contributed by atoms with Gasteiger partial charge < -0.3 is 14.6 Å². The van der Waals surface area contributed by atoms with E-state index in [1.165, 1.54) is 17.2 Å². The van der Waals surface area contributed by atoms with Crippen LogP contribution >= 0.6 is 0 Å². The van der Waals surface area contributed by atoms with Crippen molar-refractivity contribution < 1.29 is 23.8 Å². The molecule has 0 aromatic heterocycles. The van der Waals surface area contributed by atoms with Crippen LogP contribution in [0.5, 0.6) is 11.5 Å². The van der Waals surface area contributed by atoms with E-state index in [0.717, 1.165) is 67.4 Å². The number of hydrogen-bond donors (Lipinski definition) is 1. The van der Waals surface area contributed by atoms with Crippen LogP contribution in [-0.4, -0.2) is 18.2 Å². The summed E-state index contributed by atoms with van der Waals surface area (Å²) >= 11 is 0. The average molecular weight is 543 g/mol. The smallest absolute Gasteiger partial charge is 0.303 e. The molecule has 0 saturated heterocycles. The predicted octanol–water partition coefficient (Wildman–Crippen LogP) is 8.83. The minimum absolute atomic E-state index is 0.0417. The predicted molar refractivity (Wildman–Crippen MR) is 155 cm³/mol. The summed E-state index contributed by atoms with van der Waals surface area (Å²) in [5, 5.41) is 9.49. The van der Waals surface area contributed by atoms with Gasteiger partial charge >= 0.3 is 5.97 Å². The van der Waals surface area contributed by atoms with Crippen LogP contribution in [0.25, 0.3) is 11.1 Å². The number of aliphatic carboxylic acids is 1. The zero-order chi connectivity index (χ0) is 28.0. The second-order valence-electron chi connectivity index (χ2n) is 12.7. The standard InChI is InChI=1S/C35H39FO4/c1-35(2)16-4-5-30(35)28-17-24(10-13-26(28)29-19-25(39-3)12-14-31(29)36)32-15-11-22-8-9-23(18-33(22)40-32)27(20-34(37)38)21-6-7-21/h8-10,12-14,17-19,21,27,30,32H,4-7,11,15-16,20H2,1-3H3,(H,37,38)/t27-,30+,32?/m0/s1. The lowest BCUT2D eigenvalue weighted by molar-refractivity contribution is -0.137. The number of fused-ring (bicyclic) bond motifs is 1. The molecule has 3 aromatic rings. The Morgan fingerprint density at radius 3 is 2.58 bits per heavy atom. The van der Waals surface area contributed by atoms with Gasteiger partial charge in [-0.25, -0.2) is 4.39 Å². The second-order valence-corrected chi connectivity index (χ2v) is 12.7.